The molecular formula is C18H15N3O. The highest BCUT2D eigenvalue weighted by Gasteiger charge is 2.16. The van der Waals surface area contributed by atoms with Gasteiger partial charge in [-0.05, 0) is 11.6 Å². The van der Waals surface area contributed by atoms with Crippen LogP contribution in [0.2, 0.25) is 0 Å². The Morgan fingerprint density at radius 1 is 1.00 bits per heavy atom. The number of anilines is 1. The first-order chi connectivity index (χ1) is 10.8. The van der Waals surface area contributed by atoms with Crippen molar-refractivity contribution in [1.82, 2.24) is 9.97 Å². The molecule has 2 aromatic heterocycles. The minimum absolute atomic E-state index is 0.186. The van der Waals surface area contributed by atoms with Gasteiger partial charge in [0.2, 0.25) is 0 Å². The molecule has 0 radical (unpaired) electrons. The lowest BCUT2D eigenvalue weighted by atomic mass is 10.0. The first kappa shape index (κ1) is 12.7. The second kappa shape index (κ2) is 5.07. The zero-order valence-corrected chi connectivity index (χ0v) is 11.9. The van der Waals surface area contributed by atoms with E-state index in [1.807, 2.05) is 30.3 Å². The number of benzene rings is 2. The van der Waals surface area contributed by atoms with Crippen molar-refractivity contribution in [2.24, 2.45) is 0 Å². The molecule has 0 amide bonds. The van der Waals surface area contributed by atoms with E-state index in [-0.39, 0.29) is 6.01 Å². The van der Waals surface area contributed by atoms with Crippen molar-refractivity contribution in [2.75, 3.05) is 5.73 Å². The van der Waals surface area contributed by atoms with Gasteiger partial charge in [0.25, 0.3) is 6.01 Å². The van der Waals surface area contributed by atoms with E-state index in [2.05, 4.69) is 34.2 Å². The quantitative estimate of drug-likeness (QED) is 0.599. The van der Waals surface area contributed by atoms with Crippen LogP contribution in [0.1, 0.15) is 11.3 Å². The summed E-state index contributed by atoms with van der Waals surface area (Å²) >= 11 is 0. The maximum Gasteiger partial charge on any atom is 0.292 e. The van der Waals surface area contributed by atoms with Gasteiger partial charge in [0, 0.05) is 28.6 Å². The molecule has 4 heteroatoms. The van der Waals surface area contributed by atoms with Gasteiger partial charge in [-0.2, -0.15) is 4.98 Å². The van der Waals surface area contributed by atoms with Gasteiger partial charge in [-0.25, -0.2) is 0 Å². The molecule has 0 saturated carbocycles. The van der Waals surface area contributed by atoms with Crippen LogP contribution in [0.15, 0.2) is 65.3 Å². The van der Waals surface area contributed by atoms with E-state index < -0.39 is 0 Å². The molecule has 0 aliphatic carbocycles. The summed E-state index contributed by atoms with van der Waals surface area (Å²) in [4.78, 5) is 7.79. The van der Waals surface area contributed by atoms with E-state index in [1.165, 1.54) is 5.56 Å². The highest BCUT2D eigenvalue weighted by Crippen LogP contribution is 2.33. The molecule has 0 aliphatic rings. The standard InChI is InChI=1S/C18H15N3O/c19-18-21-16(11-22-18)17-13-8-4-5-9-14(13)20-15(17)10-12-6-2-1-3-7-12/h1-9,11,20H,10H2,(H2,19,21). The third kappa shape index (κ3) is 2.15. The van der Waals surface area contributed by atoms with Gasteiger partial charge in [-0.3, -0.25) is 0 Å². The summed E-state index contributed by atoms with van der Waals surface area (Å²) in [6, 6.07) is 18.7. The first-order valence-electron chi connectivity index (χ1n) is 7.16. The largest absolute Gasteiger partial charge is 0.432 e. The Labute approximate surface area is 127 Å². The molecule has 0 unspecified atom stereocenters. The summed E-state index contributed by atoms with van der Waals surface area (Å²) in [5.41, 5.74) is 10.9. The smallest absolute Gasteiger partial charge is 0.292 e. The third-order valence-electron chi connectivity index (χ3n) is 3.79. The van der Waals surface area contributed by atoms with Crippen LogP contribution in [0.25, 0.3) is 22.2 Å². The average molecular weight is 289 g/mol. The highest BCUT2D eigenvalue weighted by molar-refractivity contribution is 5.96. The number of rotatable bonds is 3. The number of nitrogens with zero attached hydrogens (tertiary/aromatic N) is 1. The zero-order chi connectivity index (χ0) is 14.9. The monoisotopic (exact) mass is 289 g/mol. The van der Waals surface area contributed by atoms with E-state index in [0.29, 0.717) is 0 Å². The molecule has 4 aromatic rings. The number of para-hydroxylation sites is 1. The van der Waals surface area contributed by atoms with Crippen LogP contribution in [0.5, 0.6) is 0 Å². The Bertz CT molecular complexity index is 922. The number of nitrogens with two attached hydrogens (primary N) is 1. The van der Waals surface area contributed by atoms with Crippen LogP contribution in [0.4, 0.5) is 6.01 Å². The van der Waals surface area contributed by atoms with E-state index in [9.17, 15) is 0 Å². The molecule has 0 spiro atoms. The Hall–Kier alpha value is -3.01. The van der Waals surface area contributed by atoms with Crippen LogP contribution in [0, 0.1) is 0 Å². The molecule has 0 aliphatic heterocycles. The van der Waals surface area contributed by atoms with Crippen LogP contribution in [-0.2, 0) is 6.42 Å². The first-order valence-corrected chi connectivity index (χ1v) is 7.16. The van der Waals surface area contributed by atoms with Crippen LogP contribution >= 0.6 is 0 Å². The Kier molecular flexibility index (Phi) is 2.93. The fourth-order valence-electron chi connectivity index (χ4n) is 2.83. The summed E-state index contributed by atoms with van der Waals surface area (Å²) in [7, 11) is 0. The predicted molar refractivity (Wildman–Crippen MR) is 87.5 cm³/mol. The normalized spacial score (nSPS) is 11.1. The van der Waals surface area contributed by atoms with Gasteiger partial charge in [0.15, 0.2) is 0 Å². The minimum Gasteiger partial charge on any atom is -0.432 e. The molecule has 0 saturated heterocycles. The van der Waals surface area contributed by atoms with Crippen LogP contribution in [-0.4, -0.2) is 9.97 Å². The van der Waals surface area contributed by atoms with Gasteiger partial charge in [-0.15, -0.1) is 0 Å². The summed E-state index contributed by atoms with van der Waals surface area (Å²) in [6.07, 6.45) is 2.41. The summed E-state index contributed by atoms with van der Waals surface area (Å²) < 4.78 is 5.20. The predicted octanol–water partition coefficient (Wildman–Crippen LogP) is 4.00. The molecule has 3 N–H and O–H groups in total. The summed E-state index contributed by atoms with van der Waals surface area (Å²) in [5, 5.41) is 1.13. The zero-order valence-electron chi connectivity index (χ0n) is 11.9. The number of oxazole rings is 1. The van der Waals surface area contributed by atoms with Gasteiger partial charge < -0.3 is 15.1 Å². The number of fused-ring (bicyclic) bond motifs is 1. The number of aromatic nitrogens is 2. The molecule has 4 rings (SSSR count). The highest BCUT2D eigenvalue weighted by atomic mass is 16.4. The average Bonchev–Trinajstić information content (AvgIpc) is 3.11. The third-order valence-corrected chi connectivity index (χ3v) is 3.79. The van der Waals surface area contributed by atoms with Gasteiger partial charge in [0.1, 0.15) is 12.0 Å². The second-order valence-corrected chi connectivity index (χ2v) is 5.26. The molecule has 0 fully saturated rings. The molecule has 0 atom stereocenters. The van der Waals surface area contributed by atoms with Crippen molar-refractivity contribution in [3.8, 4) is 11.3 Å². The number of nitrogen functional groups attached to an aromatic ring is 1. The minimum atomic E-state index is 0.186. The Morgan fingerprint density at radius 3 is 2.55 bits per heavy atom. The molecule has 108 valence electrons. The Balaban J connectivity index is 1.90. The van der Waals surface area contributed by atoms with E-state index in [1.54, 1.807) is 6.26 Å². The van der Waals surface area contributed by atoms with Crippen molar-refractivity contribution in [3.05, 3.63) is 72.1 Å². The fraction of sp³-hybridized carbons (Fsp3) is 0.0556. The van der Waals surface area contributed by atoms with Gasteiger partial charge >= 0.3 is 0 Å². The lowest BCUT2D eigenvalue weighted by Gasteiger charge is -2.02. The van der Waals surface area contributed by atoms with Gasteiger partial charge in [0.05, 0.1) is 0 Å². The maximum absolute atomic E-state index is 5.64. The van der Waals surface area contributed by atoms with Crippen molar-refractivity contribution in [2.45, 2.75) is 6.42 Å². The number of nitrogens with one attached hydrogen (secondary N) is 1. The van der Waals surface area contributed by atoms with Crippen molar-refractivity contribution < 1.29 is 4.42 Å². The van der Waals surface area contributed by atoms with Gasteiger partial charge in [-0.1, -0.05) is 48.5 Å². The van der Waals surface area contributed by atoms with Crippen LogP contribution < -0.4 is 5.73 Å². The summed E-state index contributed by atoms with van der Waals surface area (Å²) in [6.45, 7) is 0. The molecular weight excluding hydrogens is 274 g/mol. The lowest BCUT2D eigenvalue weighted by Crippen LogP contribution is -1.91. The van der Waals surface area contributed by atoms with Crippen LogP contribution in [0.3, 0.4) is 0 Å². The number of H-pyrrole nitrogens is 1. The second-order valence-electron chi connectivity index (χ2n) is 5.26. The van der Waals surface area contributed by atoms with E-state index in [4.69, 9.17) is 10.2 Å². The molecule has 2 heterocycles. The number of aromatic amines is 1. The van der Waals surface area contributed by atoms with Crippen molar-refractivity contribution >= 4 is 16.9 Å². The molecule has 22 heavy (non-hydrogen) atoms. The lowest BCUT2D eigenvalue weighted by molar-refractivity contribution is 0.581. The fourth-order valence-corrected chi connectivity index (χ4v) is 2.83. The van der Waals surface area contributed by atoms with Crippen molar-refractivity contribution in [1.29, 1.82) is 0 Å². The maximum atomic E-state index is 5.64. The van der Waals surface area contributed by atoms with E-state index >= 15 is 0 Å². The molecule has 2 aromatic carbocycles. The Morgan fingerprint density at radius 2 is 1.77 bits per heavy atom. The van der Waals surface area contributed by atoms with E-state index in [0.717, 1.165) is 34.3 Å². The van der Waals surface area contributed by atoms with Crippen molar-refractivity contribution in [3.63, 3.8) is 0 Å². The SMILES string of the molecule is Nc1nc(-c2c(Cc3ccccc3)[nH]c3ccccc23)co1. The number of hydrogen-bond acceptors (Lipinski definition) is 3. The molecule has 0 bridgehead atoms. The molecule has 4 nitrogen and oxygen atoms in total. The topological polar surface area (TPSA) is 67.8 Å². The summed E-state index contributed by atoms with van der Waals surface area (Å²) in [5.74, 6) is 0. The number of hydrogen-bond donors (Lipinski definition) is 2.